The number of Topliss-reactive ketones (excluding diaryl/α,β-unsaturated/α-hetero) is 1. The van der Waals surface area contributed by atoms with Crippen molar-refractivity contribution in [2.75, 3.05) is 13.7 Å². The van der Waals surface area contributed by atoms with Crippen molar-refractivity contribution in [3.05, 3.63) is 59.4 Å². The van der Waals surface area contributed by atoms with Crippen LogP contribution in [0.3, 0.4) is 0 Å². The normalized spacial score (nSPS) is 17.4. The molecule has 4 heteroatoms. The van der Waals surface area contributed by atoms with Gasteiger partial charge in [-0.2, -0.15) is 0 Å². The molecule has 3 rings (SSSR count). The summed E-state index contributed by atoms with van der Waals surface area (Å²) in [6.07, 6.45) is 1.83. The Morgan fingerprint density at radius 2 is 2.15 bits per heavy atom. The van der Waals surface area contributed by atoms with Gasteiger partial charge in [-0.25, -0.2) is 4.98 Å². The van der Waals surface area contributed by atoms with Crippen molar-refractivity contribution >= 4 is 5.78 Å². The number of ether oxygens (including phenoxy) is 2. The Bertz CT molecular complexity index is 639. The molecule has 1 unspecified atom stereocenters. The van der Waals surface area contributed by atoms with Gasteiger partial charge in [0.05, 0.1) is 13.7 Å². The first-order valence-corrected chi connectivity index (χ1v) is 6.54. The highest BCUT2D eigenvalue weighted by Crippen LogP contribution is 2.31. The molecule has 2 heterocycles. The van der Waals surface area contributed by atoms with Crippen LogP contribution in [0.4, 0.5) is 0 Å². The standard InChI is InChI=1S/C16H15NO3/c1-19-13-7-4-9-17-14(13)15(18)16-12-6-3-2-5-11(12)8-10-20-16/h2-7,9,16H,8,10H2,1H3. The summed E-state index contributed by atoms with van der Waals surface area (Å²) in [6.45, 7) is 0.544. The van der Waals surface area contributed by atoms with E-state index in [-0.39, 0.29) is 5.78 Å². The van der Waals surface area contributed by atoms with Crippen LogP contribution in [0.15, 0.2) is 42.6 Å². The van der Waals surface area contributed by atoms with Gasteiger partial charge < -0.3 is 9.47 Å². The van der Waals surface area contributed by atoms with E-state index in [1.807, 2.05) is 24.3 Å². The molecular weight excluding hydrogens is 254 g/mol. The monoisotopic (exact) mass is 269 g/mol. The van der Waals surface area contributed by atoms with Gasteiger partial charge in [0, 0.05) is 6.20 Å². The van der Waals surface area contributed by atoms with Crippen LogP contribution < -0.4 is 4.74 Å². The lowest BCUT2D eigenvalue weighted by Crippen LogP contribution is -2.24. The second kappa shape index (κ2) is 5.43. The molecule has 1 aliphatic heterocycles. The molecule has 20 heavy (non-hydrogen) atoms. The number of ketones is 1. The number of hydrogen-bond donors (Lipinski definition) is 0. The maximum absolute atomic E-state index is 12.7. The first-order chi connectivity index (χ1) is 9.81. The third-order valence-corrected chi connectivity index (χ3v) is 3.46. The van der Waals surface area contributed by atoms with Crippen LogP contribution in [-0.4, -0.2) is 24.5 Å². The van der Waals surface area contributed by atoms with E-state index in [0.29, 0.717) is 18.1 Å². The largest absolute Gasteiger partial charge is 0.494 e. The van der Waals surface area contributed by atoms with Crippen LogP contribution in [-0.2, 0) is 11.2 Å². The molecule has 0 N–H and O–H groups in total. The summed E-state index contributed by atoms with van der Waals surface area (Å²) < 4.78 is 10.9. The fraction of sp³-hybridized carbons (Fsp3) is 0.250. The number of methoxy groups -OCH3 is 1. The van der Waals surface area contributed by atoms with Crippen molar-refractivity contribution in [3.63, 3.8) is 0 Å². The summed E-state index contributed by atoms with van der Waals surface area (Å²) >= 11 is 0. The Labute approximate surface area is 117 Å². The van der Waals surface area contributed by atoms with Gasteiger partial charge in [-0.05, 0) is 29.7 Å². The number of fused-ring (bicyclic) bond motifs is 1. The van der Waals surface area contributed by atoms with E-state index in [2.05, 4.69) is 4.98 Å². The summed E-state index contributed by atoms with van der Waals surface area (Å²) in [6, 6.07) is 11.3. The fourth-order valence-electron chi connectivity index (χ4n) is 2.48. The lowest BCUT2D eigenvalue weighted by atomic mass is 9.94. The van der Waals surface area contributed by atoms with Crippen molar-refractivity contribution in [2.24, 2.45) is 0 Å². The lowest BCUT2D eigenvalue weighted by molar-refractivity contribution is 0.0342. The molecule has 0 spiro atoms. The number of pyridine rings is 1. The summed E-state index contributed by atoms with van der Waals surface area (Å²) in [4.78, 5) is 16.8. The van der Waals surface area contributed by atoms with Crippen molar-refractivity contribution in [2.45, 2.75) is 12.5 Å². The Morgan fingerprint density at radius 3 is 3.00 bits per heavy atom. The predicted molar refractivity (Wildman–Crippen MR) is 74.0 cm³/mol. The van der Waals surface area contributed by atoms with Crippen molar-refractivity contribution in [3.8, 4) is 5.75 Å². The minimum absolute atomic E-state index is 0.158. The van der Waals surface area contributed by atoms with Gasteiger partial charge in [-0.1, -0.05) is 24.3 Å². The van der Waals surface area contributed by atoms with Gasteiger partial charge in [0.2, 0.25) is 5.78 Å². The molecular formula is C16H15NO3. The van der Waals surface area contributed by atoms with Crippen LogP contribution in [0.5, 0.6) is 5.75 Å². The third kappa shape index (κ3) is 2.18. The molecule has 0 saturated carbocycles. The molecule has 0 saturated heterocycles. The maximum Gasteiger partial charge on any atom is 0.218 e. The molecule has 1 aliphatic rings. The van der Waals surface area contributed by atoms with E-state index < -0.39 is 6.10 Å². The molecule has 1 atom stereocenters. The molecule has 1 aromatic heterocycles. The number of carbonyl (C=O) groups excluding carboxylic acids is 1. The molecule has 2 aromatic rings. The number of carbonyl (C=O) groups is 1. The zero-order chi connectivity index (χ0) is 13.9. The third-order valence-electron chi connectivity index (χ3n) is 3.46. The lowest BCUT2D eigenvalue weighted by Gasteiger charge is -2.25. The second-order valence-electron chi connectivity index (χ2n) is 4.62. The van der Waals surface area contributed by atoms with E-state index in [9.17, 15) is 4.79 Å². The van der Waals surface area contributed by atoms with Gasteiger partial charge in [-0.15, -0.1) is 0 Å². The van der Waals surface area contributed by atoms with Crippen LogP contribution in [0, 0.1) is 0 Å². The van der Waals surface area contributed by atoms with Gasteiger partial charge in [0.25, 0.3) is 0 Å². The minimum atomic E-state index is -0.594. The Hall–Kier alpha value is -2.20. The van der Waals surface area contributed by atoms with E-state index in [1.165, 1.54) is 7.11 Å². The van der Waals surface area contributed by atoms with Crippen molar-refractivity contribution < 1.29 is 14.3 Å². The van der Waals surface area contributed by atoms with Crippen LogP contribution in [0.1, 0.15) is 27.7 Å². The average Bonchev–Trinajstić information content (AvgIpc) is 2.53. The quantitative estimate of drug-likeness (QED) is 0.804. The number of hydrogen-bond acceptors (Lipinski definition) is 4. The second-order valence-corrected chi connectivity index (χ2v) is 4.62. The van der Waals surface area contributed by atoms with Crippen LogP contribution >= 0.6 is 0 Å². The first kappa shape index (κ1) is 12.8. The smallest absolute Gasteiger partial charge is 0.218 e. The zero-order valence-electron chi connectivity index (χ0n) is 11.2. The Kier molecular flexibility index (Phi) is 3.48. The van der Waals surface area contributed by atoms with E-state index >= 15 is 0 Å². The number of aromatic nitrogens is 1. The molecule has 0 aliphatic carbocycles. The summed E-state index contributed by atoms with van der Waals surface area (Å²) in [5.74, 6) is 0.318. The van der Waals surface area contributed by atoms with E-state index in [1.54, 1.807) is 18.3 Å². The van der Waals surface area contributed by atoms with Gasteiger partial charge in [0.15, 0.2) is 5.69 Å². The Balaban J connectivity index is 2.00. The summed E-state index contributed by atoms with van der Waals surface area (Å²) in [5, 5.41) is 0. The van der Waals surface area contributed by atoms with E-state index in [4.69, 9.17) is 9.47 Å². The summed E-state index contributed by atoms with van der Waals surface area (Å²) in [5.41, 5.74) is 2.40. The highest BCUT2D eigenvalue weighted by atomic mass is 16.5. The van der Waals surface area contributed by atoms with Gasteiger partial charge in [-0.3, -0.25) is 4.79 Å². The molecule has 0 bridgehead atoms. The van der Waals surface area contributed by atoms with Gasteiger partial charge >= 0.3 is 0 Å². The SMILES string of the molecule is COc1cccnc1C(=O)C1OCCc2ccccc21. The van der Waals surface area contributed by atoms with Crippen LogP contribution in [0.25, 0.3) is 0 Å². The van der Waals surface area contributed by atoms with Gasteiger partial charge in [0.1, 0.15) is 11.9 Å². The molecule has 102 valence electrons. The first-order valence-electron chi connectivity index (χ1n) is 6.54. The van der Waals surface area contributed by atoms with Crippen LogP contribution in [0.2, 0.25) is 0 Å². The number of rotatable bonds is 3. The fourth-order valence-corrected chi connectivity index (χ4v) is 2.48. The number of nitrogens with zero attached hydrogens (tertiary/aromatic N) is 1. The van der Waals surface area contributed by atoms with Crippen molar-refractivity contribution in [1.29, 1.82) is 0 Å². The Morgan fingerprint density at radius 1 is 1.30 bits per heavy atom. The number of benzene rings is 1. The highest BCUT2D eigenvalue weighted by Gasteiger charge is 2.30. The summed E-state index contributed by atoms with van der Waals surface area (Å²) in [7, 11) is 1.53. The topological polar surface area (TPSA) is 48.4 Å². The predicted octanol–water partition coefficient (Wildman–Crippen LogP) is 2.59. The molecule has 4 nitrogen and oxygen atoms in total. The zero-order valence-corrected chi connectivity index (χ0v) is 11.2. The molecule has 0 radical (unpaired) electrons. The highest BCUT2D eigenvalue weighted by molar-refractivity contribution is 6.00. The minimum Gasteiger partial charge on any atom is -0.494 e. The van der Waals surface area contributed by atoms with Crippen molar-refractivity contribution in [1.82, 2.24) is 4.98 Å². The molecule has 0 amide bonds. The molecule has 1 aromatic carbocycles. The average molecular weight is 269 g/mol. The maximum atomic E-state index is 12.7. The van der Waals surface area contributed by atoms with E-state index in [0.717, 1.165) is 17.5 Å². The molecule has 0 fully saturated rings.